The second-order valence-corrected chi connectivity index (χ2v) is 10.2. The quantitative estimate of drug-likeness (QED) is 0.190. The summed E-state index contributed by atoms with van der Waals surface area (Å²) >= 11 is 0. The van der Waals surface area contributed by atoms with E-state index in [0.29, 0.717) is 0 Å². The van der Waals surface area contributed by atoms with Crippen LogP contribution in [0.1, 0.15) is 59.1 Å². The van der Waals surface area contributed by atoms with E-state index in [2.05, 4.69) is 15.0 Å². The van der Waals surface area contributed by atoms with Gasteiger partial charge in [-0.15, -0.1) is 0 Å². The molecule has 3 aromatic rings. The summed E-state index contributed by atoms with van der Waals surface area (Å²) in [5.41, 5.74) is 5.97. The maximum Gasteiger partial charge on any atom is 0.329 e. The fourth-order valence-electron chi connectivity index (χ4n) is 4.48. The molecule has 1 aliphatic rings. The Bertz CT molecular complexity index is 1330. The van der Waals surface area contributed by atoms with Gasteiger partial charge in [-0.2, -0.15) is 9.97 Å². The topological polar surface area (TPSA) is 156 Å². The maximum atomic E-state index is 16.3. The molecule has 0 aliphatic heterocycles. The normalized spacial score (nSPS) is 17.7. The lowest BCUT2D eigenvalue weighted by Crippen LogP contribution is -2.50. The molecule has 1 fully saturated rings. The van der Waals surface area contributed by atoms with E-state index in [1.807, 2.05) is 0 Å². The van der Waals surface area contributed by atoms with Crippen molar-refractivity contribution in [1.82, 2.24) is 24.7 Å². The molecule has 0 amide bonds. The van der Waals surface area contributed by atoms with Crippen LogP contribution < -0.4 is 15.3 Å². The number of ether oxygens (including phenoxy) is 3. The highest BCUT2D eigenvalue weighted by atomic mass is 19.2. The molecule has 0 radical (unpaired) electrons. The van der Waals surface area contributed by atoms with Crippen molar-refractivity contribution in [3.8, 4) is 11.6 Å². The Morgan fingerprint density at radius 1 is 1.21 bits per heavy atom. The number of rotatable bonds is 15. The van der Waals surface area contributed by atoms with Gasteiger partial charge in [0, 0.05) is 0 Å². The monoisotopic (exact) mass is 608 g/mol. The van der Waals surface area contributed by atoms with Gasteiger partial charge in [0.15, 0.2) is 29.2 Å². The molecule has 3 N–H and O–H groups in total. The zero-order valence-electron chi connectivity index (χ0n) is 24.4. The number of aromatic nitrogens is 4. The number of nitrogens with zero attached hydrogens (tertiary/aromatic N) is 5. The highest BCUT2D eigenvalue weighted by Gasteiger charge is 2.43. The molecular formula is C28H38F2N6O7. The van der Waals surface area contributed by atoms with Crippen molar-refractivity contribution in [1.29, 1.82) is 0 Å². The standard InChI is InChI=1S/C28H38F2N6O7/c1-4-39-25-23-24(33-27(31)34-25)35(17-32-23)22(15-29)42-28(30,19(3)37)16-40-36(43-21-13-9-6-10-14-21)18(2)26(38)41-20-11-7-5-8-12-20/h6,9-10,13-14,17-20,22,37H,4-5,7-8,11-12,15-16H2,1-3H3,(H2,31,33,34)/t18?,19-,22+,28+/m0/s1. The van der Waals surface area contributed by atoms with Gasteiger partial charge in [-0.05, 0) is 63.8 Å². The van der Waals surface area contributed by atoms with Crippen molar-refractivity contribution < 1.29 is 42.6 Å². The van der Waals surface area contributed by atoms with E-state index < -0.39 is 43.5 Å². The second kappa shape index (κ2) is 14.7. The zero-order valence-corrected chi connectivity index (χ0v) is 24.4. The third-order valence-electron chi connectivity index (χ3n) is 6.91. The summed E-state index contributed by atoms with van der Waals surface area (Å²) in [4.78, 5) is 36.6. The van der Waals surface area contributed by atoms with Gasteiger partial charge in [-0.25, -0.2) is 13.8 Å². The first-order valence-electron chi connectivity index (χ1n) is 14.2. The van der Waals surface area contributed by atoms with Gasteiger partial charge < -0.3 is 29.9 Å². The summed E-state index contributed by atoms with van der Waals surface area (Å²) in [6.45, 7) is 2.33. The van der Waals surface area contributed by atoms with Gasteiger partial charge >= 0.3 is 5.97 Å². The van der Waals surface area contributed by atoms with Crippen LogP contribution in [0, 0.1) is 0 Å². The van der Waals surface area contributed by atoms with Crippen molar-refractivity contribution in [3.63, 3.8) is 0 Å². The average molecular weight is 609 g/mol. The maximum absolute atomic E-state index is 16.3. The predicted molar refractivity (Wildman–Crippen MR) is 150 cm³/mol. The van der Waals surface area contributed by atoms with Crippen LogP contribution in [0.5, 0.6) is 11.6 Å². The summed E-state index contributed by atoms with van der Waals surface area (Å²) in [5, 5.41) is 11.2. The number of hydrogen-bond acceptors (Lipinski definition) is 12. The Hall–Kier alpha value is -3.66. The first kappa shape index (κ1) is 32.3. The minimum Gasteiger partial charge on any atom is -0.476 e. The summed E-state index contributed by atoms with van der Waals surface area (Å²) < 4.78 is 48.3. The molecule has 15 heteroatoms. The minimum atomic E-state index is -3.00. The largest absolute Gasteiger partial charge is 0.476 e. The van der Waals surface area contributed by atoms with Crippen molar-refractivity contribution in [2.24, 2.45) is 0 Å². The van der Waals surface area contributed by atoms with E-state index in [0.717, 1.165) is 48.8 Å². The molecule has 43 heavy (non-hydrogen) atoms. The molecule has 4 rings (SSSR count). The molecule has 0 bridgehead atoms. The lowest BCUT2D eigenvalue weighted by molar-refractivity contribution is -0.375. The number of alkyl halides is 2. The fraction of sp³-hybridized carbons (Fsp3) is 0.571. The highest BCUT2D eigenvalue weighted by Crippen LogP contribution is 2.31. The summed E-state index contributed by atoms with van der Waals surface area (Å²) in [6.07, 6.45) is 1.94. The molecular weight excluding hydrogens is 570 g/mol. The van der Waals surface area contributed by atoms with Gasteiger partial charge in [-0.1, -0.05) is 24.6 Å². The molecule has 4 atom stereocenters. The summed E-state index contributed by atoms with van der Waals surface area (Å²) in [7, 11) is 0. The second-order valence-electron chi connectivity index (χ2n) is 10.2. The Labute approximate surface area is 247 Å². The van der Waals surface area contributed by atoms with Crippen molar-refractivity contribution >= 4 is 23.1 Å². The number of anilines is 1. The Balaban J connectivity index is 1.54. The number of aliphatic hydroxyl groups is 1. The molecule has 0 spiro atoms. The molecule has 13 nitrogen and oxygen atoms in total. The molecule has 2 aromatic heterocycles. The average Bonchev–Trinajstić information content (AvgIpc) is 3.42. The predicted octanol–water partition coefficient (Wildman–Crippen LogP) is 3.83. The Morgan fingerprint density at radius 3 is 2.58 bits per heavy atom. The van der Waals surface area contributed by atoms with Crippen LogP contribution >= 0.6 is 0 Å². The number of fused-ring (bicyclic) bond motifs is 1. The van der Waals surface area contributed by atoms with Crippen LogP contribution in [0.4, 0.5) is 14.7 Å². The van der Waals surface area contributed by atoms with Gasteiger partial charge in [-0.3, -0.25) is 14.2 Å². The number of halogens is 2. The Morgan fingerprint density at radius 2 is 1.93 bits per heavy atom. The number of nitrogen functional groups attached to an aromatic ring is 1. The number of carbonyl (C=O) groups is 1. The van der Waals surface area contributed by atoms with Gasteiger partial charge in [0.1, 0.15) is 25.5 Å². The molecule has 1 aliphatic carbocycles. The number of esters is 1. The third-order valence-corrected chi connectivity index (χ3v) is 6.91. The van der Waals surface area contributed by atoms with Crippen molar-refractivity contribution in [2.45, 2.75) is 83.2 Å². The zero-order chi connectivity index (χ0) is 31.0. The van der Waals surface area contributed by atoms with E-state index in [1.165, 1.54) is 13.3 Å². The van der Waals surface area contributed by atoms with Crippen LogP contribution in [0.25, 0.3) is 11.2 Å². The van der Waals surface area contributed by atoms with Crippen molar-refractivity contribution in [2.75, 3.05) is 25.6 Å². The number of aliphatic hydroxyl groups excluding tert-OH is 1. The van der Waals surface area contributed by atoms with E-state index in [-0.39, 0.29) is 41.5 Å². The summed E-state index contributed by atoms with van der Waals surface area (Å²) in [6, 6.07) is 7.23. The van der Waals surface area contributed by atoms with Crippen LogP contribution in [-0.4, -0.2) is 79.8 Å². The molecule has 0 saturated heterocycles. The molecule has 2 heterocycles. The number of hydroxylamine groups is 2. The van der Waals surface area contributed by atoms with Gasteiger partial charge in [0.05, 0.1) is 12.9 Å². The molecule has 1 unspecified atom stereocenters. The van der Waals surface area contributed by atoms with Gasteiger partial charge in [0.2, 0.25) is 11.8 Å². The minimum absolute atomic E-state index is 0.0283. The number of benzene rings is 1. The molecule has 1 aromatic carbocycles. The smallest absolute Gasteiger partial charge is 0.329 e. The highest BCUT2D eigenvalue weighted by molar-refractivity contribution is 5.77. The lowest BCUT2D eigenvalue weighted by atomic mass is 9.98. The van der Waals surface area contributed by atoms with Crippen molar-refractivity contribution in [3.05, 3.63) is 36.7 Å². The van der Waals surface area contributed by atoms with Crippen LogP contribution in [0.15, 0.2) is 36.7 Å². The van der Waals surface area contributed by atoms with Crippen LogP contribution in [0.2, 0.25) is 0 Å². The SMILES string of the molecule is CCOc1nc(N)nc2c1ncn2[C@@H](CF)O[C@](F)(CON(Oc1ccccc1)C(C)C(=O)OC1CCCCC1)[C@H](C)O. The number of nitrogens with two attached hydrogens (primary N) is 1. The van der Waals surface area contributed by atoms with E-state index >= 15 is 4.39 Å². The first-order valence-corrected chi connectivity index (χ1v) is 14.2. The lowest BCUT2D eigenvalue weighted by Gasteiger charge is -2.34. The molecule has 1 saturated carbocycles. The molecule has 236 valence electrons. The van der Waals surface area contributed by atoms with E-state index in [4.69, 9.17) is 29.6 Å². The number of para-hydroxylation sites is 1. The van der Waals surface area contributed by atoms with Crippen LogP contribution in [-0.2, 0) is 19.1 Å². The van der Waals surface area contributed by atoms with Gasteiger partial charge in [0.25, 0.3) is 5.85 Å². The summed E-state index contributed by atoms with van der Waals surface area (Å²) in [5.74, 6) is -3.46. The number of carbonyl (C=O) groups excluding carboxylic acids is 1. The number of imidazole rings is 1. The number of hydrogen-bond donors (Lipinski definition) is 2. The van der Waals surface area contributed by atoms with Crippen LogP contribution in [0.3, 0.4) is 0 Å². The first-order chi connectivity index (χ1) is 20.6. The van der Waals surface area contributed by atoms with E-state index in [1.54, 1.807) is 37.3 Å². The fourth-order valence-corrected chi connectivity index (χ4v) is 4.48. The Kier molecular flexibility index (Phi) is 11.0. The third kappa shape index (κ3) is 8.04. The van der Waals surface area contributed by atoms with E-state index in [9.17, 15) is 14.3 Å².